The highest BCUT2D eigenvalue weighted by molar-refractivity contribution is 6.18. The third-order valence-corrected chi connectivity index (χ3v) is 2.09. The van der Waals surface area contributed by atoms with Gasteiger partial charge in [-0.25, -0.2) is 0 Å². The molecule has 52 valence electrons. The Kier molecular flexibility index (Phi) is 1.22. The Hall–Kier alpha value is 0.210. The molecule has 2 nitrogen and oxygen atoms in total. The third-order valence-electron chi connectivity index (χ3n) is 1.74. The van der Waals surface area contributed by atoms with Crippen LogP contribution >= 0.6 is 11.6 Å². The minimum Gasteiger partial charge on any atom is -0.347 e. The molecule has 3 heteroatoms. The molecule has 9 heavy (non-hydrogen) atoms. The van der Waals surface area contributed by atoms with Crippen molar-refractivity contribution in [1.82, 2.24) is 0 Å². The minimum atomic E-state index is -0.167. The van der Waals surface area contributed by atoms with Crippen molar-refractivity contribution in [2.24, 2.45) is 0 Å². The zero-order chi connectivity index (χ0) is 6.32. The summed E-state index contributed by atoms with van der Waals surface area (Å²) in [5.74, 6) is 0.390. The number of hydrogen-bond donors (Lipinski definition) is 0. The van der Waals surface area contributed by atoms with E-state index >= 15 is 0 Å². The highest BCUT2D eigenvalue weighted by Gasteiger charge is 2.51. The monoisotopic (exact) mass is 148 g/mol. The van der Waals surface area contributed by atoms with E-state index < -0.39 is 0 Å². The summed E-state index contributed by atoms with van der Waals surface area (Å²) >= 11 is 5.56. The van der Waals surface area contributed by atoms with Crippen LogP contribution in [0.4, 0.5) is 0 Å². The second kappa shape index (κ2) is 1.84. The number of hydrogen-bond acceptors (Lipinski definition) is 2. The van der Waals surface area contributed by atoms with Gasteiger partial charge in [0.05, 0.1) is 18.6 Å². The predicted molar refractivity (Wildman–Crippen MR) is 33.5 cm³/mol. The second-order valence-electron chi connectivity index (χ2n) is 2.62. The average molecular weight is 149 g/mol. The Bertz CT molecular complexity index is 122. The van der Waals surface area contributed by atoms with Crippen molar-refractivity contribution in [3.8, 4) is 0 Å². The van der Waals surface area contributed by atoms with Crippen molar-refractivity contribution in [2.75, 3.05) is 12.5 Å². The molecule has 1 saturated carbocycles. The maximum Gasteiger partial charge on any atom is 0.169 e. The molecule has 2 rings (SSSR count). The van der Waals surface area contributed by atoms with Crippen LogP contribution in [0.3, 0.4) is 0 Å². The smallest absolute Gasteiger partial charge is 0.169 e. The second-order valence-corrected chi connectivity index (χ2v) is 2.92. The Morgan fingerprint density at radius 2 is 2.33 bits per heavy atom. The summed E-state index contributed by atoms with van der Waals surface area (Å²) in [5.41, 5.74) is 0. The number of halogens is 1. The Balaban J connectivity index is 1.93. The normalized spacial score (nSPS) is 37.7. The number of alkyl halides is 1. The van der Waals surface area contributed by atoms with Gasteiger partial charge in [0.25, 0.3) is 0 Å². The number of ether oxygens (including phenoxy) is 2. The zero-order valence-electron chi connectivity index (χ0n) is 5.10. The molecule has 1 aliphatic heterocycles. The van der Waals surface area contributed by atoms with Crippen molar-refractivity contribution in [2.45, 2.75) is 24.7 Å². The summed E-state index contributed by atoms with van der Waals surface area (Å²) in [6, 6.07) is 0. The van der Waals surface area contributed by atoms with Gasteiger partial charge in [0.2, 0.25) is 0 Å². The van der Waals surface area contributed by atoms with Crippen LogP contribution in [-0.4, -0.2) is 24.4 Å². The van der Waals surface area contributed by atoms with Crippen molar-refractivity contribution < 1.29 is 9.47 Å². The summed E-state index contributed by atoms with van der Waals surface area (Å²) in [6.07, 6.45) is 2.26. The molecule has 1 spiro atoms. The van der Waals surface area contributed by atoms with E-state index in [9.17, 15) is 0 Å². The van der Waals surface area contributed by atoms with Crippen molar-refractivity contribution >= 4 is 11.6 Å². The summed E-state index contributed by atoms with van der Waals surface area (Å²) in [5, 5.41) is 0. The van der Waals surface area contributed by atoms with Crippen LogP contribution in [0, 0.1) is 0 Å². The van der Waals surface area contributed by atoms with Gasteiger partial charge < -0.3 is 9.47 Å². The largest absolute Gasteiger partial charge is 0.347 e. The molecule has 0 aromatic heterocycles. The lowest BCUT2D eigenvalue weighted by Gasteiger charge is -2.04. The van der Waals surface area contributed by atoms with Crippen molar-refractivity contribution in [1.29, 1.82) is 0 Å². The molecule has 0 aromatic carbocycles. The van der Waals surface area contributed by atoms with Crippen LogP contribution in [0.5, 0.6) is 0 Å². The first-order valence-corrected chi connectivity index (χ1v) is 3.76. The van der Waals surface area contributed by atoms with Gasteiger partial charge >= 0.3 is 0 Å². The van der Waals surface area contributed by atoms with Gasteiger partial charge in [0.1, 0.15) is 0 Å². The maximum absolute atomic E-state index is 5.56. The molecule has 0 N–H and O–H groups in total. The Labute approximate surface area is 59.1 Å². The summed E-state index contributed by atoms with van der Waals surface area (Å²) < 4.78 is 10.8. The predicted octanol–water partition coefficient (Wildman–Crippen LogP) is 1.13. The van der Waals surface area contributed by atoms with Gasteiger partial charge in [-0.05, 0) is 0 Å². The molecule has 1 heterocycles. The van der Waals surface area contributed by atoms with E-state index in [-0.39, 0.29) is 11.9 Å². The average Bonchev–Trinajstić information content (AvgIpc) is 2.44. The van der Waals surface area contributed by atoms with E-state index in [1.165, 1.54) is 0 Å². The first kappa shape index (κ1) is 5.96. The van der Waals surface area contributed by atoms with Gasteiger partial charge in [-0.15, -0.1) is 11.6 Å². The highest BCUT2D eigenvalue weighted by Crippen LogP contribution is 2.45. The highest BCUT2D eigenvalue weighted by atomic mass is 35.5. The van der Waals surface area contributed by atoms with Crippen LogP contribution in [0.15, 0.2) is 0 Å². The van der Waals surface area contributed by atoms with E-state index in [0.29, 0.717) is 12.5 Å². The lowest BCUT2D eigenvalue weighted by molar-refractivity contribution is -0.0800. The lowest BCUT2D eigenvalue weighted by atomic mass is 10.4. The Morgan fingerprint density at radius 1 is 1.56 bits per heavy atom. The molecule has 1 aliphatic carbocycles. The molecule has 0 bridgehead atoms. The molecular weight excluding hydrogens is 140 g/mol. The minimum absolute atomic E-state index is 0.147. The summed E-state index contributed by atoms with van der Waals surface area (Å²) in [7, 11) is 0. The van der Waals surface area contributed by atoms with Crippen LogP contribution in [0.2, 0.25) is 0 Å². The van der Waals surface area contributed by atoms with Gasteiger partial charge in [0.15, 0.2) is 5.79 Å². The van der Waals surface area contributed by atoms with Crippen molar-refractivity contribution in [3.63, 3.8) is 0 Å². The summed E-state index contributed by atoms with van der Waals surface area (Å²) in [6.45, 7) is 0.684. The van der Waals surface area contributed by atoms with E-state index in [4.69, 9.17) is 21.1 Å². The molecule has 1 unspecified atom stereocenters. The molecule has 2 aliphatic rings. The number of rotatable bonds is 1. The van der Waals surface area contributed by atoms with Crippen LogP contribution in [0.1, 0.15) is 12.8 Å². The topological polar surface area (TPSA) is 18.5 Å². The zero-order valence-corrected chi connectivity index (χ0v) is 5.86. The molecular formula is C6H9ClO2. The van der Waals surface area contributed by atoms with Gasteiger partial charge in [-0.1, -0.05) is 0 Å². The molecule has 1 atom stereocenters. The quantitative estimate of drug-likeness (QED) is 0.519. The van der Waals surface area contributed by atoms with Crippen LogP contribution in [-0.2, 0) is 9.47 Å². The standard InChI is InChI=1S/C6H9ClO2/c7-3-5-4-8-6(9-5)1-2-6/h5H,1-4H2. The SMILES string of the molecule is ClCC1COC2(CC2)O1. The van der Waals surface area contributed by atoms with Crippen LogP contribution < -0.4 is 0 Å². The fourth-order valence-corrected chi connectivity index (χ4v) is 1.21. The van der Waals surface area contributed by atoms with E-state index in [1.54, 1.807) is 0 Å². The van der Waals surface area contributed by atoms with Gasteiger partial charge in [-0.3, -0.25) is 0 Å². The fourth-order valence-electron chi connectivity index (χ4n) is 1.06. The van der Waals surface area contributed by atoms with E-state index in [1.807, 2.05) is 0 Å². The third kappa shape index (κ3) is 0.955. The first-order valence-electron chi connectivity index (χ1n) is 3.22. The van der Waals surface area contributed by atoms with Gasteiger partial charge in [0, 0.05) is 12.8 Å². The fraction of sp³-hybridized carbons (Fsp3) is 1.00. The summed E-state index contributed by atoms with van der Waals surface area (Å²) in [4.78, 5) is 0. The maximum atomic E-state index is 5.56. The Morgan fingerprint density at radius 3 is 2.67 bits per heavy atom. The molecule has 0 radical (unpaired) electrons. The van der Waals surface area contributed by atoms with Gasteiger partial charge in [-0.2, -0.15) is 0 Å². The molecule has 0 amide bonds. The van der Waals surface area contributed by atoms with Crippen molar-refractivity contribution in [3.05, 3.63) is 0 Å². The lowest BCUT2D eigenvalue weighted by Crippen LogP contribution is -2.13. The van der Waals surface area contributed by atoms with Crippen LogP contribution in [0.25, 0.3) is 0 Å². The molecule has 2 fully saturated rings. The molecule has 1 saturated heterocycles. The molecule has 0 aromatic rings. The van der Waals surface area contributed by atoms with E-state index in [2.05, 4.69) is 0 Å². The van der Waals surface area contributed by atoms with E-state index in [0.717, 1.165) is 12.8 Å². The first-order chi connectivity index (χ1) is 4.35.